The molecule has 0 saturated heterocycles. The van der Waals surface area contributed by atoms with Gasteiger partial charge < -0.3 is 5.11 Å². The summed E-state index contributed by atoms with van der Waals surface area (Å²) in [5, 5.41) is 14.7. The molecule has 0 spiro atoms. The van der Waals surface area contributed by atoms with Gasteiger partial charge in [-0.15, -0.1) is 0 Å². The topological polar surface area (TPSA) is 38.1 Å². The van der Waals surface area contributed by atoms with Crippen LogP contribution in [0.25, 0.3) is 16.6 Å². The summed E-state index contributed by atoms with van der Waals surface area (Å²) in [7, 11) is 0. The number of benzene rings is 2. The minimum Gasteiger partial charge on any atom is -0.506 e. The Labute approximate surface area is 96.7 Å². The van der Waals surface area contributed by atoms with Crippen LogP contribution in [-0.4, -0.2) is 14.9 Å². The van der Waals surface area contributed by atoms with Gasteiger partial charge in [-0.25, -0.2) is 9.07 Å². The molecule has 17 heavy (non-hydrogen) atoms. The van der Waals surface area contributed by atoms with Gasteiger partial charge in [0.2, 0.25) is 0 Å². The Hall–Kier alpha value is -2.36. The zero-order chi connectivity index (χ0) is 11.8. The highest BCUT2D eigenvalue weighted by Crippen LogP contribution is 2.27. The van der Waals surface area contributed by atoms with Crippen molar-refractivity contribution in [2.45, 2.75) is 0 Å². The lowest BCUT2D eigenvalue weighted by Crippen LogP contribution is -1.99. The van der Waals surface area contributed by atoms with Gasteiger partial charge in [0, 0.05) is 5.39 Å². The van der Waals surface area contributed by atoms with E-state index in [9.17, 15) is 9.50 Å². The molecule has 0 bridgehead atoms. The van der Waals surface area contributed by atoms with E-state index in [1.165, 1.54) is 10.7 Å². The Morgan fingerprint density at radius 2 is 1.88 bits per heavy atom. The van der Waals surface area contributed by atoms with Crippen molar-refractivity contribution in [3.05, 3.63) is 54.5 Å². The molecule has 84 valence electrons. The maximum absolute atomic E-state index is 13.7. The molecule has 0 unspecified atom stereocenters. The number of para-hydroxylation sites is 2. The second-order valence-electron chi connectivity index (χ2n) is 3.72. The molecule has 3 rings (SSSR count). The molecule has 3 aromatic rings. The molecule has 0 fully saturated rings. The maximum atomic E-state index is 13.7. The van der Waals surface area contributed by atoms with Crippen molar-refractivity contribution in [2.75, 3.05) is 0 Å². The molecule has 1 N–H and O–H groups in total. The van der Waals surface area contributed by atoms with Crippen molar-refractivity contribution in [2.24, 2.45) is 0 Å². The summed E-state index contributed by atoms with van der Waals surface area (Å²) in [6, 6.07) is 11.4. The van der Waals surface area contributed by atoms with Crippen LogP contribution in [0.5, 0.6) is 5.75 Å². The van der Waals surface area contributed by atoms with Crippen LogP contribution >= 0.6 is 0 Å². The Balaban J connectivity index is 2.36. The molecular weight excluding hydrogens is 219 g/mol. The molecule has 1 heterocycles. The molecule has 0 amide bonds. The van der Waals surface area contributed by atoms with E-state index in [0.717, 1.165) is 5.39 Å². The van der Waals surface area contributed by atoms with E-state index < -0.39 is 0 Å². The molecule has 3 nitrogen and oxygen atoms in total. The van der Waals surface area contributed by atoms with Crippen molar-refractivity contribution in [1.82, 2.24) is 9.78 Å². The fourth-order valence-electron chi connectivity index (χ4n) is 1.87. The highest BCUT2D eigenvalue weighted by atomic mass is 19.1. The zero-order valence-electron chi connectivity index (χ0n) is 8.84. The number of nitrogens with zero attached hydrogens (tertiary/aromatic N) is 2. The van der Waals surface area contributed by atoms with Crippen LogP contribution in [-0.2, 0) is 0 Å². The van der Waals surface area contributed by atoms with Gasteiger partial charge in [-0.1, -0.05) is 24.3 Å². The predicted octanol–water partition coefficient (Wildman–Crippen LogP) is 2.87. The first-order valence-corrected chi connectivity index (χ1v) is 5.18. The van der Waals surface area contributed by atoms with Gasteiger partial charge in [0.05, 0.1) is 6.20 Å². The van der Waals surface area contributed by atoms with Crippen molar-refractivity contribution in [1.29, 1.82) is 0 Å². The average Bonchev–Trinajstić information content (AvgIpc) is 2.75. The maximum Gasteiger partial charge on any atom is 0.148 e. The summed E-state index contributed by atoms with van der Waals surface area (Å²) in [5.41, 5.74) is 0.835. The standard InChI is InChI=1S/C13H9FN2O/c14-10-5-1-2-6-11(10)16-13-9(8-15-16)4-3-7-12(13)17/h1-8,17H. The van der Waals surface area contributed by atoms with E-state index >= 15 is 0 Å². The second-order valence-corrected chi connectivity index (χ2v) is 3.72. The molecule has 0 aliphatic heterocycles. The van der Waals surface area contributed by atoms with Gasteiger partial charge in [0.25, 0.3) is 0 Å². The molecular formula is C13H9FN2O. The summed E-state index contributed by atoms with van der Waals surface area (Å²) in [6.07, 6.45) is 1.60. The van der Waals surface area contributed by atoms with E-state index in [-0.39, 0.29) is 11.6 Å². The predicted molar refractivity (Wildman–Crippen MR) is 62.7 cm³/mol. The lowest BCUT2D eigenvalue weighted by molar-refractivity contribution is 0.478. The lowest BCUT2D eigenvalue weighted by Gasteiger charge is -2.05. The first kappa shape index (κ1) is 9.84. The van der Waals surface area contributed by atoms with Crippen LogP contribution < -0.4 is 0 Å². The SMILES string of the molecule is Oc1cccc2cnn(-c3ccccc3F)c12. The number of halogens is 1. The smallest absolute Gasteiger partial charge is 0.148 e. The number of phenolic OH excluding ortho intramolecular Hbond substituents is 1. The summed E-state index contributed by atoms with van der Waals surface area (Å²) in [6.45, 7) is 0. The zero-order valence-corrected chi connectivity index (χ0v) is 8.84. The first-order valence-electron chi connectivity index (χ1n) is 5.18. The van der Waals surface area contributed by atoms with Crippen LogP contribution in [0.4, 0.5) is 4.39 Å². The summed E-state index contributed by atoms with van der Waals surface area (Å²) >= 11 is 0. The third kappa shape index (κ3) is 1.45. The Morgan fingerprint density at radius 1 is 1.06 bits per heavy atom. The third-order valence-electron chi connectivity index (χ3n) is 2.65. The fourth-order valence-corrected chi connectivity index (χ4v) is 1.87. The average molecular weight is 228 g/mol. The van der Waals surface area contributed by atoms with Crippen molar-refractivity contribution in [3.63, 3.8) is 0 Å². The number of hydrogen-bond acceptors (Lipinski definition) is 2. The van der Waals surface area contributed by atoms with E-state index in [1.54, 1.807) is 36.5 Å². The quantitative estimate of drug-likeness (QED) is 0.695. The van der Waals surface area contributed by atoms with Gasteiger partial charge in [-0.05, 0) is 18.2 Å². The third-order valence-corrected chi connectivity index (χ3v) is 2.65. The van der Waals surface area contributed by atoms with E-state index in [1.807, 2.05) is 6.07 Å². The summed E-state index contributed by atoms with van der Waals surface area (Å²) in [4.78, 5) is 0. The molecule has 1 aromatic heterocycles. The van der Waals surface area contributed by atoms with Crippen LogP contribution in [0, 0.1) is 5.82 Å². The van der Waals surface area contributed by atoms with Crippen LogP contribution in [0.1, 0.15) is 0 Å². The van der Waals surface area contributed by atoms with E-state index in [2.05, 4.69) is 5.10 Å². The van der Waals surface area contributed by atoms with Crippen molar-refractivity contribution in [3.8, 4) is 11.4 Å². The first-order chi connectivity index (χ1) is 8.27. The second kappa shape index (κ2) is 3.59. The van der Waals surface area contributed by atoms with Gasteiger partial charge in [-0.2, -0.15) is 5.10 Å². The van der Waals surface area contributed by atoms with E-state index in [4.69, 9.17) is 0 Å². The Kier molecular flexibility index (Phi) is 2.08. The number of rotatable bonds is 1. The number of fused-ring (bicyclic) bond motifs is 1. The van der Waals surface area contributed by atoms with Crippen LogP contribution in [0.3, 0.4) is 0 Å². The van der Waals surface area contributed by atoms with Crippen molar-refractivity contribution < 1.29 is 9.50 Å². The monoisotopic (exact) mass is 228 g/mol. The highest BCUT2D eigenvalue weighted by Gasteiger charge is 2.11. The van der Waals surface area contributed by atoms with E-state index in [0.29, 0.717) is 11.2 Å². The van der Waals surface area contributed by atoms with Gasteiger partial charge in [0.1, 0.15) is 22.8 Å². The van der Waals surface area contributed by atoms with Crippen LogP contribution in [0.2, 0.25) is 0 Å². The van der Waals surface area contributed by atoms with Crippen molar-refractivity contribution >= 4 is 10.9 Å². The largest absolute Gasteiger partial charge is 0.506 e. The van der Waals surface area contributed by atoms with Gasteiger partial charge in [0.15, 0.2) is 0 Å². The number of phenols is 1. The Bertz CT molecular complexity index is 691. The molecule has 4 heteroatoms. The Morgan fingerprint density at radius 3 is 2.71 bits per heavy atom. The van der Waals surface area contributed by atoms with Gasteiger partial charge in [-0.3, -0.25) is 0 Å². The molecule has 0 radical (unpaired) electrons. The minimum atomic E-state index is -0.374. The molecule has 2 aromatic carbocycles. The summed E-state index contributed by atoms with van der Waals surface area (Å²) in [5.74, 6) is -0.288. The highest BCUT2D eigenvalue weighted by molar-refractivity contribution is 5.85. The molecule has 0 aliphatic carbocycles. The van der Waals surface area contributed by atoms with Gasteiger partial charge >= 0.3 is 0 Å². The summed E-state index contributed by atoms with van der Waals surface area (Å²) < 4.78 is 15.1. The lowest BCUT2D eigenvalue weighted by atomic mass is 10.2. The number of aromatic nitrogens is 2. The normalized spacial score (nSPS) is 10.9. The molecule has 0 aliphatic rings. The van der Waals surface area contributed by atoms with Crippen LogP contribution in [0.15, 0.2) is 48.7 Å². The molecule has 0 saturated carbocycles. The number of hydrogen-bond donors (Lipinski definition) is 1. The fraction of sp³-hybridized carbons (Fsp3) is 0. The minimum absolute atomic E-state index is 0.0863. The number of aromatic hydroxyl groups is 1. The molecule has 0 atom stereocenters.